The summed E-state index contributed by atoms with van der Waals surface area (Å²) in [6, 6.07) is 7.39. The number of esters is 1. The topological polar surface area (TPSA) is 73.9 Å². The molecule has 2 aromatic rings. The molecule has 0 unspecified atom stereocenters. The van der Waals surface area contributed by atoms with Crippen molar-refractivity contribution in [1.29, 1.82) is 0 Å². The molecule has 150 valence electrons. The minimum absolute atomic E-state index is 0.210. The number of amides is 1. The Bertz CT molecular complexity index is 856. The van der Waals surface area contributed by atoms with Crippen LogP contribution in [0, 0.1) is 11.6 Å². The van der Waals surface area contributed by atoms with Gasteiger partial charge in [-0.1, -0.05) is 0 Å². The highest BCUT2D eigenvalue weighted by atomic mass is 19.1. The van der Waals surface area contributed by atoms with Crippen molar-refractivity contribution in [3.05, 3.63) is 59.2 Å². The molecule has 1 N–H and O–H groups in total. The third-order valence-corrected chi connectivity index (χ3v) is 3.82. The fraction of sp³-hybridized carbons (Fsp3) is 0.300. The molecule has 0 aliphatic carbocycles. The molecule has 0 saturated carbocycles. The normalized spacial score (nSPS) is 11.6. The summed E-state index contributed by atoms with van der Waals surface area (Å²) < 4.78 is 42.3. The van der Waals surface area contributed by atoms with Crippen molar-refractivity contribution in [3.8, 4) is 5.75 Å². The first kappa shape index (κ1) is 21.3. The number of benzene rings is 2. The van der Waals surface area contributed by atoms with Gasteiger partial charge in [0.05, 0.1) is 25.0 Å². The summed E-state index contributed by atoms with van der Waals surface area (Å²) in [4.78, 5) is 24.5. The van der Waals surface area contributed by atoms with E-state index in [2.05, 4.69) is 5.32 Å². The maximum atomic E-state index is 13.6. The molecular weight excluding hydrogens is 372 g/mol. The molecule has 28 heavy (non-hydrogen) atoms. The quantitative estimate of drug-likeness (QED) is 0.693. The van der Waals surface area contributed by atoms with Crippen LogP contribution in [0.15, 0.2) is 36.4 Å². The zero-order chi connectivity index (χ0) is 20.7. The molecule has 0 aliphatic rings. The van der Waals surface area contributed by atoms with Crippen LogP contribution < -0.4 is 10.1 Å². The molecule has 0 bridgehead atoms. The molecule has 2 aromatic carbocycles. The van der Waals surface area contributed by atoms with E-state index < -0.39 is 29.6 Å². The molecule has 2 rings (SSSR count). The summed E-state index contributed by atoms with van der Waals surface area (Å²) in [6.07, 6.45) is -1.20. The SMILES string of the molecule is CCOCc1cc(C(=O)O[C@@H](C)C(=O)Nc2ccc(F)cc2F)ccc1OC. The highest BCUT2D eigenvalue weighted by Crippen LogP contribution is 2.22. The van der Waals surface area contributed by atoms with Crippen molar-refractivity contribution < 1.29 is 32.6 Å². The average Bonchev–Trinajstić information content (AvgIpc) is 2.67. The molecule has 0 aromatic heterocycles. The van der Waals surface area contributed by atoms with Crippen molar-refractivity contribution in [2.45, 2.75) is 26.6 Å². The van der Waals surface area contributed by atoms with Crippen LogP contribution in [0.2, 0.25) is 0 Å². The number of hydrogen-bond donors (Lipinski definition) is 1. The minimum Gasteiger partial charge on any atom is -0.496 e. The molecule has 1 atom stereocenters. The number of hydrogen-bond acceptors (Lipinski definition) is 5. The standard InChI is InChI=1S/C20H21F2NO5/c1-4-27-11-14-9-13(5-8-18(14)26-3)20(25)28-12(2)19(24)23-17-7-6-15(21)10-16(17)22/h5-10,12H,4,11H2,1-3H3,(H,23,24)/t12-/m0/s1. The summed E-state index contributed by atoms with van der Waals surface area (Å²) in [5, 5.41) is 2.25. The van der Waals surface area contributed by atoms with E-state index in [1.54, 1.807) is 12.1 Å². The summed E-state index contributed by atoms with van der Waals surface area (Å²) in [6.45, 7) is 3.93. The van der Waals surface area contributed by atoms with Gasteiger partial charge < -0.3 is 19.5 Å². The number of ether oxygens (including phenoxy) is 3. The van der Waals surface area contributed by atoms with E-state index in [9.17, 15) is 18.4 Å². The zero-order valence-electron chi connectivity index (χ0n) is 15.8. The van der Waals surface area contributed by atoms with Gasteiger partial charge in [-0.2, -0.15) is 0 Å². The lowest BCUT2D eigenvalue weighted by atomic mass is 10.1. The van der Waals surface area contributed by atoms with Crippen LogP contribution in [-0.4, -0.2) is 31.7 Å². The van der Waals surface area contributed by atoms with E-state index in [1.807, 2.05) is 6.92 Å². The maximum absolute atomic E-state index is 13.6. The monoisotopic (exact) mass is 393 g/mol. The minimum atomic E-state index is -1.20. The fourth-order valence-corrected chi connectivity index (χ4v) is 2.34. The Morgan fingerprint density at radius 1 is 1.14 bits per heavy atom. The second-order valence-electron chi connectivity index (χ2n) is 5.82. The lowest BCUT2D eigenvalue weighted by Gasteiger charge is -2.15. The first-order valence-corrected chi connectivity index (χ1v) is 8.57. The Kier molecular flexibility index (Phi) is 7.45. The zero-order valence-corrected chi connectivity index (χ0v) is 15.8. The Morgan fingerprint density at radius 3 is 2.54 bits per heavy atom. The molecule has 0 saturated heterocycles. The number of carbonyl (C=O) groups excluding carboxylic acids is 2. The first-order chi connectivity index (χ1) is 13.3. The molecule has 0 heterocycles. The van der Waals surface area contributed by atoms with Gasteiger partial charge in [0.25, 0.3) is 5.91 Å². The van der Waals surface area contributed by atoms with Crippen molar-refractivity contribution in [2.24, 2.45) is 0 Å². The Morgan fingerprint density at radius 2 is 1.89 bits per heavy atom. The molecule has 8 heteroatoms. The predicted octanol–water partition coefficient (Wildman–Crippen LogP) is 3.69. The van der Waals surface area contributed by atoms with Crippen LogP contribution in [0.3, 0.4) is 0 Å². The molecule has 6 nitrogen and oxygen atoms in total. The highest BCUT2D eigenvalue weighted by Gasteiger charge is 2.21. The Balaban J connectivity index is 2.05. The number of halogens is 2. The van der Waals surface area contributed by atoms with Crippen molar-refractivity contribution in [3.63, 3.8) is 0 Å². The van der Waals surface area contributed by atoms with Crippen LogP contribution in [0.4, 0.5) is 14.5 Å². The van der Waals surface area contributed by atoms with Crippen LogP contribution in [0.1, 0.15) is 29.8 Å². The largest absolute Gasteiger partial charge is 0.496 e. The maximum Gasteiger partial charge on any atom is 0.338 e. The molecule has 0 aliphatic heterocycles. The Hall–Kier alpha value is -3.00. The van der Waals surface area contributed by atoms with E-state index in [0.29, 0.717) is 24.0 Å². The number of nitrogens with one attached hydrogen (secondary N) is 1. The highest BCUT2D eigenvalue weighted by molar-refractivity contribution is 5.97. The van der Waals surface area contributed by atoms with E-state index in [1.165, 1.54) is 20.1 Å². The second kappa shape index (κ2) is 9.80. The first-order valence-electron chi connectivity index (χ1n) is 8.57. The number of carbonyl (C=O) groups is 2. The lowest BCUT2D eigenvalue weighted by Crippen LogP contribution is -2.30. The van der Waals surface area contributed by atoms with Crippen LogP contribution >= 0.6 is 0 Å². The van der Waals surface area contributed by atoms with E-state index >= 15 is 0 Å². The number of anilines is 1. The van der Waals surface area contributed by atoms with Crippen LogP contribution in [-0.2, 0) is 20.9 Å². The Labute approximate surface area is 161 Å². The molecule has 0 radical (unpaired) electrons. The fourth-order valence-electron chi connectivity index (χ4n) is 2.34. The van der Waals surface area contributed by atoms with Gasteiger partial charge in [-0.25, -0.2) is 13.6 Å². The van der Waals surface area contributed by atoms with E-state index in [4.69, 9.17) is 14.2 Å². The van der Waals surface area contributed by atoms with Gasteiger partial charge in [0.15, 0.2) is 6.10 Å². The predicted molar refractivity (Wildman–Crippen MR) is 98.2 cm³/mol. The molecule has 1 amide bonds. The van der Waals surface area contributed by atoms with Gasteiger partial charge in [-0.05, 0) is 44.2 Å². The molecule has 0 spiro atoms. The van der Waals surface area contributed by atoms with Gasteiger partial charge in [-0.15, -0.1) is 0 Å². The smallest absolute Gasteiger partial charge is 0.338 e. The van der Waals surface area contributed by atoms with Crippen molar-refractivity contribution in [2.75, 3.05) is 19.0 Å². The molecule has 0 fully saturated rings. The van der Waals surface area contributed by atoms with E-state index in [-0.39, 0.29) is 17.9 Å². The van der Waals surface area contributed by atoms with Gasteiger partial charge >= 0.3 is 5.97 Å². The number of rotatable bonds is 8. The van der Waals surface area contributed by atoms with Gasteiger partial charge in [0.1, 0.15) is 17.4 Å². The summed E-state index contributed by atoms with van der Waals surface area (Å²) >= 11 is 0. The van der Waals surface area contributed by atoms with Gasteiger partial charge in [0.2, 0.25) is 0 Å². The van der Waals surface area contributed by atoms with Crippen molar-refractivity contribution >= 4 is 17.6 Å². The summed E-state index contributed by atoms with van der Waals surface area (Å²) in [5.41, 5.74) is 0.658. The third kappa shape index (κ3) is 5.50. The summed E-state index contributed by atoms with van der Waals surface area (Å²) in [5.74, 6) is -2.62. The van der Waals surface area contributed by atoms with Crippen molar-refractivity contribution in [1.82, 2.24) is 0 Å². The average molecular weight is 393 g/mol. The van der Waals surface area contributed by atoms with Crippen LogP contribution in [0.5, 0.6) is 5.75 Å². The van der Waals surface area contributed by atoms with Gasteiger partial charge in [0, 0.05) is 18.2 Å². The summed E-state index contributed by atoms with van der Waals surface area (Å²) in [7, 11) is 1.50. The molecular formula is C20H21F2NO5. The number of methoxy groups -OCH3 is 1. The lowest BCUT2D eigenvalue weighted by molar-refractivity contribution is -0.123. The van der Waals surface area contributed by atoms with Gasteiger partial charge in [-0.3, -0.25) is 4.79 Å². The van der Waals surface area contributed by atoms with Crippen LogP contribution in [0.25, 0.3) is 0 Å². The van der Waals surface area contributed by atoms with E-state index in [0.717, 1.165) is 12.1 Å². The third-order valence-electron chi connectivity index (χ3n) is 3.82. The second-order valence-corrected chi connectivity index (χ2v) is 5.82.